The lowest BCUT2D eigenvalue weighted by molar-refractivity contribution is 0.0693. The van der Waals surface area contributed by atoms with Crippen molar-refractivity contribution in [1.29, 1.82) is 0 Å². The highest BCUT2D eigenvalue weighted by Gasteiger charge is 2.20. The second-order valence-corrected chi connectivity index (χ2v) is 5.08. The first-order valence-corrected chi connectivity index (χ1v) is 7.10. The Morgan fingerprint density at radius 2 is 2.09 bits per heavy atom. The van der Waals surface area contributed by atoms with E-state index in [4.69, 9.17) is 9.26 Å². The van der Waals surface area contributed by atoms with E-state index in [2.05, 4.69) is 5.16 Å². The van der Waals surface area contributed by atoms with Crippen molar-refractivity contribution in [3.8, 4) is 5.75 Å². The lowest BCUT2D eigenvalue weighted by atomic mass is 10.1. The third-order valence-corrected chi connectivity index (χ3v) is 3.28. The molecule has 0 spiro atoms. The predicted molar refractivity (Wildman–Crippen MR) is 81.0 cm³/mol. The van der Waals surface area contributed by atoms with Crippen LogP contribution in [0.3, 0.4) is 0 Å². The average Bonchev–Trinajstić information content (AvgIpc) is 2.82. The summed E-state index contributed by atoms with van der Waals surface area (Å²) < 4.78 is 10.6. The highest BCUT2D eigenvalue weighted by molar-refractivity contribution is 5.89. The first-order valence-electron chi connectivity index (χ1n) is 7.10. The van der Waals surface area contributed by atoms with Gasteiger partial charge in [-0.3, -0.25) is 4.90 Å². The molecule has 0 unspecified atom stereocenters. The summed E-state index contributed by atoms with van der Waals surface area (Å²) in [6, 6.07) is 7.80. The smallest absolute Gasteiger partial charge is 0.341 e. The molecule has 2 rings (SSSR count). The molecule has 0 amide bonds. The van der Waals surface area contributed by atoms with Crippen LogP contribution in [0.4, 0.5) is 0 Å². The Labute approximate surface area is 129 Å². The van der Waals surface area contributed by atoms with Gasteiger partial charge in [0.25, 0.3) is 0 Å². The van der Waals surface area contributed by atoms with Gasteiger partial charge in [-0.15, -0.1) is 0 Å². The third kappa shape index (κ3) is 3.65. The van der Waals surface area contributed by atoms with Gasteiger partial charge in [0.2, 0.25) is 0 Å². The number of carbonyl (C=O) groups is 1. The number of rotatable bonds is 7. The summed E-state index contributed by atoms with van der Waals surface area (Å²) in [6.07, 6.45) is 0. The standard InChI is InChI=1S/C16H20N2O4/c1-4-21-14-8-6-5-7-12(14)9-18(3)10-13-15(16(19)20)11(2)22-17-13/h5-8H,4,9-10H2,1-3H3,(H,19,20). The van der Waals surface area contributed by atoms with Crippen molar-refractivity contribution in [2.45, 2.75) is 26.9 Å². The van der Waals surface area contributed by atoms with Gasteiger partial charge < -0.3 is 14.4 Å². The fourth-order valence-electron chi connectivity index (χ4n) is 2.33. The minimum absolute atomic E-state index is 0.143. The van der Waals surface area contributed by atoms with E-state index in [0.717, 1.165) is 11.3 Å². The monoisotopic (exact) mass is 304 g/mol. The van der Waals surface area contributed by atoms with Crippen LogP contribution in [0.15, 0.2) is 28.8 Å². The van der Waals surface area contributed by atoms with Crippen LogP contribution in [0.1, 0.15) is 34.3 Å². The van der Waals surface area contributed by atoms with Crippen molar-refractivity contribution >= 4 is 5.97 Å². The molecule has 2 aromatic rings. The summed E-state index contributed by atoms with van der Waals surface area (Å²) in [5.41, 5.74) is 1.62. The Morgan fingerprint density at radius 3 is 2.77 bits per heavy atom. The van der Waals surface area contributed by atoms with Gasteiger partial charge in [0.15, 0.2) is 0 Å². The molecule has 0 aliphatic heterocycles. The van der Waals surface area contributed by atoms with Crippen LogP contribution in [0.5, 0.6) is 5.75 Å². The highest BCUT2D eigenvalue weighted by Crippen LogP contribution is 2.21. The number of hydrogen-bond donors (Lipinski definition) is 1. The van der Waals surface area contributed by atoms with E-state index < -0.39 is 5.97 Å². The number of para-hydroxylation sites is 1. The number of aromatic carboxylic acids is 1. The van der Waals surface area contributed by atoms with Gasteiger partial charge in [0, 0.05) is 18.7 Å². The third-order valence-electron chi connectivity index (χ3n) is 3.28. The van der Waals surface area contributed by atoms with Crippen molar-refractivity contribution in [2.75, 3.05) is 13.7 Å². The first kappa shape index (κ1) is 16.0. The molecule has 0 fully saturated rings. The largest absolute Gasteiger partial charge is 0.494 e. The van der Waals surface area contributed by atoms with Gasteiger partial charge >= 0.3 is 5.97 Å². The van der Waals surface area contributed by atoms with Crippen LogP contribution < -0.4 is 4.74 Å². The van der Waals surface area contributed by atoms with Gasteiger partial charge in [0.05, 0.1) is 6.61 Å². The van der Waals surface area contributed by atoms with Crippen molar-refractivity contribution in [3.63, 3.8) is 0 Å². The highest BCUT2D eigenvalue weighted by atomic mass is 16.5. The number of hydrogen-bond acceptors (Lipinski definition) is 5. The van der Waals surface area contributed by atoms with Crippen LogP contribution >= 0.6 is 0 Å². The second kappa shape index (κ2) is 7.09. The van der Waals surface area contributed by atoms with Crippen molar-refractivity contribution < 1.29 is 19.2 Å². The summed E-state index contributed by atoms with van der Waals surface area (Å²) in [6.45, 7) is 5.16. The molecule has 0 saturated carbocycles. The molecule has 1 aromatic heterocycles. The van der Waals surface area contributed by atoms with Crippen LogP contribution in [-0.2, 0) is 13.1 Å². The minimum Gasteiger partial charge on any atom is -0.494 e. The summed E-state index contributed by atoms with van der Waals surface area (Å²) in [4.78, 5) is 13.2. The van der Waals surface area contributed by atoms with Crippen LogP contribution in [0.25, 0.3) is 0 Å². The SMILES string of the molecule is CCOc1ccccc1CN(C)Cc1noc(C)c1C(=O)O. The molecule has 6 heteroatoms. The molecule has 6 nitrogen and oxygen atoms in total. The van der Waals surface area contributed by atoms with Gasteiger partial charge in [-0.2, -0.15) is 0 Å². The molecule has 1 N–H and O–H groups in total. The van der Waals surface area contributed by atoms with Crippen molar-refractivity contribution in [1.82, 2.24) is 10.1 Å². The van der Waals surface area contributed by atoms with Crippen LogP contribution in [0, 0.1) is 6.92 Å². The molecule has 118 valence electrons. The zero-order valence-electron chi connectivity index (χ0n) is 13.0. The van der Waals surface area contributed by atoms with E-state index in [9.17, 15) is 9.90 Å². The quantitative estimate of drug-likeness (QED) is 0.847. The predicted octanol–water partition coefficient (Wildman–Crippen LogP) is 2.71. The van der Waals surface area contributed by atoms with E-state index in [-0.39, 0.29) is 5.56 Å². The number of ether oxygens (including phenoxy) is 1. The van der Waals surface area contributed by atoms with Crippen molar-refractivity contribution in [2.24, 2.45) is 0 Å². The molecule has 0 radical (unpaired) electrons. The van der Waals surface area contributed by atoms with E-state index in [1.165, 1.54) is 0 Å². The normalized spacial score (nSPS) is 10.9. The second-order valence-electron chi connectivity index (χ2n) is 5.08. The average molecular weight is 304 g/mol. The number of carboxylic acids is 1. The van der Waals surface area contributed by atoms with Gasteiger partial charge in [-0.05, 0) is 27.0 Å². The van der Waals surface area contributed by atoms with Crippen LogP contribution in [0.2, 0.25) is 0 Å². The van der Waals surface area contributed by atoms with Gasteiger partial charge in [0.1, 0.15) is 22.8 Å². The zero-order chi connectivity index (χ0) is 16.1. The molecule has 0 aliphatic carbocycles. The molecule has 22 heavy (non-hydrogen) atoms. The molecule has 0 atom stereocenters. The minimum atomic E-state index is -1.02. The topological polar surface area (TPSA) is 75.8 Å². The number of carboxylic acid groups (broad SMARTS) is 1. The number of nitrogens with zero attached hydrogens (tertiary/aromatic N) is 2. The molecule has 0 bridgehead atoms. The Bertz CT molecular complexity index is 651. The molecule has 0 saturated heterocycles. The Balaban J connectivity index is 2.11. The molecule has 1 heterocycles. The maximum Gasteiger partial charge on any atom is 0.341 e. The van der Waals surface area contributed by atoms with Gasteiger partial charge in [-0.1, -0.05) is 23.4 Å². The van der Waals surface area contributed by atoms with E-state index in [0.29, 0.717) is 31.2 Å². The first-order chi connectivity index (χ1) is 10.5. The fraction of sp³-hybridized carbons (Fsp3) is 0.375. The van der Waals surface area contributed by atoms with E-state index >= 15 is 0 Å². The fourth-order valence-corrected chi connectivity index (χ4v) is 2.33. The zero-order valence-corrected chi connectivity index (χ0v) is 13.0. The van der Waals surface area contributed by atoms with Gasteiger partial charge in [-0.25, -0.2) is 4.79 Å². The number of aromatic nitrogens is 1. The number of benzene rings is 1. The van der Waals surface area contributed by atoms with Crippen molar-refractivity contribution in [3.05, 3.63) is 46.8 Å². The molecule has 0 aliphatic rings. The molecular formula is C16H20N2O4. The van der Waals surface area contributed by atoms with E-state index in [1.54, 1.807) is 6.92 Å². The number of aryl methyl sites for hydroxylation is 1. The Hall–Kier alpha value is -2.34. The summed E-state index contributed by atoms with van der Waals surface area (Å²) >= 11 is 0. The maximum absolute atomic E-state index is 11.2. The Morgan fingerprint density at radius 1 is 1.36 bits per heavy atom. The molecule has 1 aromatic carbocycles. The molecular weight excluding hydrogens is 284 g/mol. The van der Waals surface area contributed by atoms with E-state index in [1.807, 2.05) is 43.1 Å². The lowest BCUT2D eigenvalue weighted by Crippen LogP contribution is -2.19. The summed E-state index contributed by atoms with van der Waals surface area (Å²) in [5, 5.41) is 13.1. The maximum atomic E-state index is 11.2. The summed E-state index contributed by atoms with van der Waals surface area (Å²) in [7, 11) is 1.90. The lowest BCUT2D eigenvalue weighted by Gasteiger charge is -2.18. The van der Waals surface area contributed by atoms with Crippen LogP contribution in [-0.4, -0.2) is 34.8 Å². The Kier molecular flexibility index (Phi) is 5.16. The summed E-state index contributed by atoms with van der Waals surface area (Å²) in [5.74, 6) is 0.147.